The number of hydrogen-bond acceptors (Lipinski definition) is 4. The Morgan fingerprint density at radius 1 is 1.31 bits per heavy atom. The van der Waals surface area contributed by atoms with Gasteiger partial charge in [0.25, 0.3) is 0 Å². The maximum absolute atomic E-state index is 11.5. The van der Waals surface area contributed by atoms with Crippen LogP contribution in [0.1, 0.15) is 32.4 Å². The number of aromatic hydroxyl groups is 1. The molecule has 16 heavy (non-hydrogen) atoms. The zero-order chi connectivity index (χ0) is 12.3. The van der Waals surface area contributed by atoms with Crippen LogP contribution in [0, 0.1) is 0 Å². The molecule has 0 saturated carbocycles. The van der Waals surface area contributed by atoms with Crippen LogP contribution in [0.5, 0.6) is 5.75 Å². The lowest BCUT2D eigenvalue weighted by Gasteiger charge is -2.22. The maximum Gasteiger partial charge on any atom is 0.340 e. The molecule has 0 amide bonds. The highest BCUT2D eigenvalue weighted by molar-refractivity contribution is 5.77. The third-order valence-electron chi connectivity index (χ3n) is 1.86. The number of aliphatic hydroxyl groups excluding tert-OH is 1. The molecule has 0 spiro atoms. The number of aliphatic hydroxyl groups is 1. The van der Waals surface area contributed by atoms with Crippen LogP contribution in [-0.4, -0.2) is 21.8 Å². The molecular weight excluding hydrogens is 208 g/mol. The number of benzene rings is 1. The number of carbonyl (C=O) groups is 1. The zero-order valence-corrected chi connectivity index (χ0v) is 9.60. The second-order valence-electron chi connectivity index (χ2n) is 4.49. The van der Waals surface area contributed by atoms with E-state index in [0.717, 1.165) is 0 Å². The quantitative estimate of drug-likeness (QED) is 0.751. The fourth-order valence-electron chi connectivity index (χ4n) is 1.20. The van der Waals surface area contributed by atoms with E-state index in [4.69, 9.17) is 4.74 Å². The van der Waals surface area contributed by atoms with Crippen molar-refractivity contribution in [1.82, 2.24) is 0 Å². The zero-order valence-electron chi connectivity index (χ0n) is 9.60. The van der Waals surface area contributed by atoms with E-state index in [1.54, 1.807) is 32.9 Å². The second kappa shape index (κ2) is 4.53. The van der Waals surface area contributed by atoms with Crippen molar-refractivity contribution in [2.45, 2.75) is 32.5 Å². The molecule has 0 aliphatic carbocycles. The molecule has 1 aromatic carbocycles. The van der Waals surface area contributed by atoms with Crippen molar-refractivity contribution >= 4 is 5.97 Å². The standard InChI is InChI=1S/C12H16O4/c1-12(2,3)16-11(15)10(14)8-6-4-5-7-9(8)13/h4-7,10,13-14H,1-3H3. The normalized spacial score (nSPS) is 13.2. The first-order chi connectivity index (χ1) is 7.31. The molecule has 0 saturated heterocycles. The van der Waals surface area contributed by atoms with Gasteiger partial charge in [-0.05, 0) is 26.8 Å². The molecule has 0 heterocycles. The van der Waals surface area contributed by atoms with Crippen molar-refractivity contribution in [2.24, 2.45) is 0 Å². The van der Waals surface area contributed by atoms with Gasteiger partial charge in [-0.25, -0.2) is 4.79 Å². The van der Waals surface area contributed by atoms with Crippen molar-refractivity contribution in [2.75, 3.05) is 0 Å². The van der Waals surface area contributed by atoms with E-state index in [1.807, 2.05) is 0 Å². The molecule has 4 nitrogen and oxygen atoms in total. The number of carbonyl (C=O) groups excluding carboxylic acids is 1. The first kappa shape index (κ1) is 12.5. The molecule has 0 aromatic heterocycles. The van der Waals surface area contributed by atoms with E-state index in [0.29, 0.717) is 0 Å². The molecule has 0 aliphatic heterocycles. The minimum Gasteiger partial charge on any atom is -0.508 e. The van der Waals surface area contributed by atoms with E-state index >= 15 is 0 Å². The molecule has 88 valence electrons. The Hall–Kier alpha value is -1.55. The molecule has 0 aliphatic rings. The van der Waals surface area contributed by atoms with E-state index < -0.39 is 17.7 Å². The minimum absolute atomic E-state index is 0.124. The number of para-hydroxylation sites is 1. The van der Waals surface area contributed by atoms with Crippen LogP contribution in [0.2, 0.25) is 0 Å². The summed E-state index contributed by atoms with van der Waals surface area (Å²) < 4.78 is 5.01. The lowest BCUT2D eigenvalue weighted by molar-refractivity contribution is -0.165. The molecule has 0 bridgehead atoms. The topological polar surface area (TPSA) is 66.8 Å². The van der Waals surface area contributed by atoms with Crippen LogP contribution >= 0.6 is 0 Å². The van der Waals surface area contributed by atoms with Crippen molar-refractivity contribution in [3.8, 4) is 5.75 Å². The summed E-state index contributed by atoms with van der Waals surface area (Å²) in [5.41, 5.74) is -0.514. The summed E-state index contributed by atoms with van der Waals surface area (Å²) in [6.45, 7) is 5.13. The highest BCUT2D eigenvalue weighted by Gasteiger charge is 2.26. The molecule has 4 heteroatoms. The van der Waals surface area contributed by atoms with Crippen LogP contribution in [0.3, 0.4) is 0 Å². The van der Waals surface area contributed by atoms with E-state index in [9.17, 15) is 15.0 Å². The highest BCUT2D eigenvalue weighted by atomic mass is 16.6. The third-order valence-corrected chi connectivity index (χ3v) is 1.86. The summed E-state index contributed by atoms with van der Waals surface area (Å²) in [7, 11) is 0. The number of phenolic OH excluding ortho intramolecular Hbond substituents is 1. The molecule has 1 rings (SSSR count). The number of rotatable bonds is 2. The lowest BCUT2D eigenvalue weighted by atomic mass is 10.1. The fourth-order valence-corrected chi connectivity index (χ4v) is 1.20. The maximum atomic E-state index is 11.5. The molecule has 0 fully saturated rings. The molecule has 2 N–H and O–H groups in total. The number of phenols is 1. The average Bonchev–Trinajstić information content (AvgIpc) is 2.15. The molecular formula is C12H16O4. The molecule has 1 atom stereocenters. The van der Waals surface area contributed by atoms with Gasteiger partial charge < -0.3 is 14.9 Å². The van der Waals surface area contributed by atoms with Gasteiger partial charge in [0.15, 0.2) is 6.10 Å². The number of esters is 1. The van der Waals surface area contributed by atoms with E-state index in [-0.39, 0.29) is 11.3 Å². The van der Waals surface area contributed by atoms with Crippen LogP contribution in [0.25, 0.3) is 0 Å². The summed E-state index contributed by atoms with van der Waals surface area (Å²) >= 11 is 0. The SMILES string of the molecule is CC(C)(C)OC(=O)C(O)c1ccccc1O. The van der Waals surface area contributed by atoms with Crippen molar-refractivity contribution in [3.05, 3.63) is 29.8 Å². The summed E-state index contributed by atoms with van der Waals surface area (Å²) in [6.07, 6.45) is -1.46. The van der Waals surface area contributed by atoms with Crippen LogP contribution in [-0.2, 0) is 9.53 Å². The Kier molecular flexibility index (Phi) is 3.55. The molecule has 0 radical (unpaired) electrons. The minimum atomic E-state index is -1.46. The lowest BCUT2D eigenvalue weighted by Crippen LogP contribution is -2.27. The van der Waals surface area contributed by atoms with Gasteiger partial charge in [-0.15, -0.1) is 0 Å². The summed E-state index contributed by atoms with van der Waals surface area (Å²) in [6, 6.07) is 6.12. The second-order valence-corrected chi connectivity index (χ2v) is 4.49. The molecule has 1 unspecified atom stereocenters. The fraction of sp³-hybridized carbons (Fsp3) is 0.417. The van der Waals surface area contributed by atoms with Crippen molar-refractivity contribution in [1.29, 1.82) is 0 Å². The van der Waals surface area contributed by atoms with Gasteiger partial charge >= 0.3 is 5.97 Å². The van der Waals surface area contributed by atoms with Crippen LogP contribution < -0.4 is 0 Å². The summed E-state index contributed by atoms with van der Waals surface area (Å²) in [4.78, 5) is 11.5. The Morgan fingerprint density at radius 2 is 1.88 bits per heavy atom. The predicted molar refractivity (Wildman–Crippen MR) is 58.9 cm³/mol. The van der Waals surface area contributed by atoms with Gasteiger partial charge in [-0.3, -0.25) is 0 Å². The smallest absolute Gasteiger partial charge is 0.340 e. The monoisotopic (exact) mass is 224 g/mol. The van der Waals surface area contributed by atoms with Crippen molar-refractivity contribution in [3.63, 3.8) is 0 Å². The average molecular weight is 224 g/mol. The van der Waals surface area contributed by atoms with E-state index in [1.165, 1.54) is 12.1 Å². The Balaban J connectivity index is 2.83. The highest BCUT2D eigenvalue weighted by Crippen LogP contribution is 2.25. The van der Waals surface area contributed by atoms with Gasteiger partial charge in [0, 0.05) is 5.56 Å². The predicted octanol–water partition coefficient (Wildman–Crippen LogP) is 1.77. The van der Waals surface area contributed by atoms with Gasteiger partial charge in [0.1, 0.15) is 11.4 Å². The van der Waals surface area contributed by atoms with Crippen molar-refractivity contribution < 1.29 is 19.7 Å². The van der Waals surface area contributed by atoms with Crippen LogP contribution in [0.15, 0.2) is 24.3 Å². The Labute approximate surface area is 94.5 Å². The van der Waals surface area contributed by atoms with Crippen LogP contribution in [0.4, 0.5) is 0 Å². The third kappa shape index (κ3) is 3.24. The van der Waals surface area contributed by atoms with Gasteiger partial charge in [0.2, 0.25) is 0 Å². The Morgan fingerprint density at radius 3 is 2.38 bits per heavy atom. The number of ether oxygens (including phenoxy) is 1. The first-order valence-electron chi connectivity index (χ1n) is 5.00. The largest absolute Gasteiger partial charge is 0.508 e. The summed E-state index contributed by atoms with van der Waals surface area (Å²) in [5, 5.41) is 19.2. The van der Waals surface area contributed by atoms with Gasteiger partial charge in [-0.2, -0.15) is 0 Å². The first-order valence-corrected chi connectivity index (χ1v) is 5.00. The Bertz CT molecular complexity index is 379. The van der Waals surface area contributed by atoms with Gasteiger partial charge in [-0.1, -0.05) is 18.2 Å². The molecule has 1 aromatic rings. The number of hydrogen-bond donors (Lipinski definition) is 2. The van der Waals surface area contributed by atoms with Gasteiger partial charge in [0.05, 0.1) is 0 Å². The summed E-state index contributed by atoms with van der Waals surface area (Å²) in [5.74, 6) is -0.894. The van der Waals surface area contributed by atoms with E-state index in [2.05, 4.69) is 0 Å².